The quantitative estimate of drug-likeness (QED) is 0.299. The van der Waals surface area contributed by atoms with Crippen molar-refractivity contribution < 1.29 is 31.9 Å². The number of hydrogen-bond acceptors (Lipinski definition) is 5. The first-order valence-corrected chi connectivity index (χ1v) is 10.5. The number of ether oxygens (including phenoxy) is 2. The summed E-state index contributed by atoms with van der Waals surface area (Å²) in [4.78, 5) is 16.9. The van der Waals surface area contributed by atoms with Gasteiger partial charge in [0.1, 0.15) is 22.0 Å². The fraction of sp³-hybridized carbons (Fsp3) is 0.130. The van der Waals surface area contributed by atoms with Crippen LogP contribution in [0.3, 0.4) is 0 Å². The molecule has 0 unspecified atom stereocenters. The fourth-order valence-electron chi connectivity index (χ4n) is 2.99. The van der Waals surface area contributed by atoms with Gasteiger partial charge in [0.25, 0.3) is 5.91 Å². The van der Waals surface area contributed by atoms with Crippen LogP contribution in [0, 0.1) is 0 Å². The third-order valence-corrected chi connectivity index (χ3v) is 5.38. The van der Waals surface area contributed by atoms with Crippen LogP contribution in [-0.4, -0.2) is 23.4 Å². The minimum Gasteiger partial charge on any atom is -0.479 e. The number of nitrogens with zero attached hydrogens (tertiary/aromatic N) is 1. The lowest BCUT2D eigenvalue weighted by Crippen LogP contribution is -2.30. The summed E-state index contributed by atoms with van der Waals surface area (Å²) in [6.07, 6.45) is -5.65. The van der Waals surface area contributed by atoms with Gasteiger partial charge in [-0.1, -0.05) is 29.3 Å². The number of anilines is 1. The van der Waals surface area contributed by atoms with Gasteiger partial charge in [0, 0.05) is 11.3 Å². The summed E-state index contributed by atoms with van der Waals surface area (Å²) in [5.74, 6) is -0.309. The topological polar surface area (TPSA) is 73.6 Å². The molecule has 1 N–H and O–H groups in total. The minimum atomic E-state index is -4.77. The van der Waals surface area contributed by atoms with Crippen molar-refractivity contribution in [3.8, 4) is 23.0 Å². The van der Waals surface area contributed by atoms with Crippen LogP contribution in [0.1, 0.15) is 6.92 Å². The zero-order chi connectivity index (χ0) is 24.5. The Bertz CT molecular complexity index is 1340. The summed E-state index contributed by atoms with van der Waals surface area (Å²) in [6, 6.07) is 14.8. The second-order valence-corrected chi connectivity index (χ2v) is 7.86. The molecular formula is C23H15Cl2F3N2O4. The Hall–Kier alpha value is -3.43. The fourth-order valence-corrected chi connectivity index (χ4v) is 3.33. The summed E-state index contributed by atoms with van der Waals surface area (Å²) in [7, 11) is 0. The lowest BCUT2D eigenvalue weighted by molar-refractivity contribution is -0.274. The van der Waals surface area contributed by atoms with Gasteiger partial charge in [-0.25, -0.2) is 4.98 Å². The van der Waals surface area contributed by atoms with Crippen molar-refractivity contribution in [1.82, 2.24) is 4.98 Å². The molecule has 176 valence electrons. The third kappa shape index (κ3) is 5.55. The number of carbonyl (C=O) groups is 1. The number of benzene rings is 3. The molecule has 6 nitrogen and oxygen atoms in total. The van der Waals surface area contributed by atoms with E-state index >= 15 is 0 Å². The molecule has 0 aliphatic rings. The van der Waals surface area contributed by atoms with Crippen LogP contribution in [0.25, 0.3) is 22.6 Å². The molecular weight excluding hydrogens is 496 g/mol. The van der Waals surface area contributed by atoms with Gasteiger partial charge >= 0.3 is 6.36 Å². The molecule has 0 spiro atoms. The van der Waals surface area contributed by atoms with E-state index in [1.54, 1.807) is 43.3 Å². The number of fused-ring (bicyclic) bond motifs is 1. The van der Waals surface area contributed by atoms with Gasteiger partial charge in [-0.2, -0.15) is 0 Å². The van der Waals surface area contributed by atoms with Crippen molar-refractivity contribution in [2.45, 2.75) is 19.4 Å². The molecule has 1 heterocycles. The maximum absolute atomic E-state index is 12.6. The number of nitrogens with one attached hydrogen (secondary N) is 1. The van der Waals surface area contributed by atoms with Gasteiger partial charge in [0.2, 0.25) is 5.89 Å². The largest absolute Gasteiger partial charge is 0.573 e. The third-order valence-electron chi connectivity index (χ3n) is 4.58. The van der Waals surface area contributed by atoms with Crippen molar-refractivity contribution in [2.75, 3.05) is 5.32 Å². The first-order chi connectivity index (χ1) is 16.1. The average molecular weight is 511 g/mol. The molecule has 1 amide bonds. The van der Waals surface area contributed by atoms with Crippen molar-refractivity contribution in [3.63, 3.8) is 0 Å². The second-order valence-electron chi connectivity index (χ2n) is 7.07. The van der Waals surface area contributed by atoms with Crippen LogP contribution in [0.5, 0.6) is 11.5 Å². The van der Waals surface area contributed by atoms with Gasteiger partial charge in [-0.15, -0.1) is 13.2 Å². The highest BCUT2D eigenvalue weighted by molar-refractivity contribution is 6.42. The molecule has 34 heavy (non-hydrogen) atoms. The number of rotatable bonds is 6. The molecule has 4 rings (SSSR count). The van der Waals surface area contributed by atoms with Crippen LogP contribution >= 0.6 is 23.2 Å². The van der Waals surface area contributed by atoms with E-state index in [-0.39, 0.29) is 22.4 Å². The highest BCUT2D eigenvalue weighted by Gasteiger charge is 2.31. The molecule has 11 heteroatoms. The van der Waals surface area contributed by atoms with Gasteiger partial charge in [-0.3, -0.25) is 4.79 Å². The van der Waals surface area contributed by atoms with Crippen molar-refractivity contribution in [2.24, 2.45) is 0 Å². The number of carbonyl (C=O) groups excluding carboxylic acids is 1. The molecule has 3 aromatic carbocycles. The van der Waals surface area contributed by atoms with E-state index in [1.807, 2.05) is 0 Å². The molecule has 0 saturated carbocycles. The summed E-state index contributed by atoms with van der Waals surface area (Å²) < 4.78 is 52.1. The molecule has 4 aromatic rings. The molecule has 0 bridgehead atoms. The Morgan fingerprint density at radius 3 is 2.53 bits per heavy atom. The molecule has 0 fully saturated rings. The Morgan fingerprint density at radius 1 is 1.09 bits per heavy atom. The van der Waals surface area contributed by atoms with Gasteiger partial charge in [0.15, 0.2) is 11.7 Å². The molecule has 0 saturated heterocycles. The predicted molar refractivity (Wildman–Crippen MR) is 121 cm³/mol. The summed E-state index contributed by atoms with van der Waals surface area (Å²) >= 11 is 12.1. The SMILES string of the molecule is C[C@H](Oc1cccc(Cl)c1Cl)C(=O)Nc1ccc2oc(-c3ccc(OC(F)(F)F)cc3)nc2c1. The van der Waals surface area contributed by atoms with E-state index in [9.17, 15) is 18.0 Å². The highest BCUT2D eigenvalue weighted by atomic mass is 35.5. The first-order valence-electron chi connectivity index (χ1n) is 9.77. The monoisotopic (exact) mass is 510 g/mol. The van der Waals surface area contributed by atoms with E-state index < -0.39 is 18.4 Å². The van der Waals surface area contributed by atoms with E-state index in [4.69, 9.17) is 32.4 Å². The minimum absolute atomic E-state index is 0.198. The van der Waals surface area contributed by atoms with Crippen LogP contribution in [0.4, 0.5) is 18.9 Å². The van der Waals surface area contributed by atoms with Crippen LogP contribution in [0.15, 0.2) is 65.1 Å². The molecule has 1 atom stereocenters. The standard InChI is InChI=1S/C23H15Cl2F3N2O4/c1-12(32-19-4-2-3-16(24)20(19)25)21(31)29-14-7-10-18-17(11-14)30-22(33-18)13-5-8-15(9-6-13)34-23(26,27)28/h2-12H,1H3,(H,29,31)/t12-/m0/s1. The molecule has 1 aromatic heterocycles. The lowest BCUT2D eigenvalue weighted by Gasteiger charge is -2.16. The number of aromatic nitrogens is 1. The average Bonchev–Trinajstić information content (AvgIpc) is 3.19. The van der Waals surface area contributed by atoms with E-state index in [0.717, 1.165) is 12.1 Å². The van der Waals surface area contributed by atoms with Crippen molar-refractivity contribution >= 4 is 45.9 Å². The Labute approximate surface area is 201 Å². The Balaban J connectivity index is 1.46. The molecule has 0 aliphatic heterocycles. The predicted octanol–water partition coefficient (Wildman–Crippen LogP) is 7.11. The lowest BCUT2D eigenvalue weighted by atomic mass is 10.2. The van der Waals surface area contributed by atoms with Crippen molar-refractivity contribution in [1.29, 1.82) is 0 Å². The number of amides is 1. The van der Waals surface area contributed by atoms with E-state index in [0.29, 0.717) is 27.4 Å². The highest BCUT2D eigenvalue weighted by Crippen LogP contribution is 2.32. The smallest absolute Gasteiger partial charge is 0.479 e. The maximum atomic E-state index is 12.6. The number of hydrogen-bond donors (Lipinski definition) is 1. The van der Waals surface area contributed by atoms with Crippen molar-refractivity contribution in [3.05, 3.63) is 70.7 Å². The number of halogens is 5. The number of alkyl halides is 3. The number of oxazole rings is 1. The summed E-state index contributed by atoms with van der Waals surface area (Å²) in [5.41, 5.74) is 1.77. The Morgan fingerprint density at radius 2 is 1.82 bits per heavy atom. The first kappa shape index (κ1) is 23.7. The summed E-state index contributed by atoms with van der Waals surface area (Å²) in [6.45, 7) is 1.56. The van der Waals surface area contributed by atoms with Crippen LogP contribution < -0.4 is 14.8 Å². The van der Waals surface area contributed by atoms with Crippen LogP contribution in [0.2, 0.25) is 10.0 Å². The van der Waals surface area contributed by atoms with Gasteiger partial charge in [0.05, 0.1) is 5.02 Å². The Kier molecular flexibility index (Phi) is 6.58. The zero-order valence-corrected chi connectivity index (χ0v) is 18.8. The van der Waals surface area contributed by atoms with Crippen LogP contribution in [-0.2, 0) is 4.79 Å². The zero-order valence-electron chi connectivity index (χ0n) is 17.3. The van der Waals surface area contributed by atoms with Gasteiger partial charge in [-0.05, 0) is 61.5 Å². The van der Waals surface area contributed by atoms with E-state index in [1.165, 1.54) is 12.1 Å². The molecule has 0 aliphatic carbocycles. The van der Waals surface area contributed by atoms with Gasteiger partial charge < -0.3 is 19.2 Å². The maximum Gasteiger partial charge on any atom is 0.573 e. The normalized spacial score (nSPS) is 12.4. The molecule has 0 radical (unpaired) electrons. The second kappa shape index (κ2) is 9.44. The van der Waals surface area contributed by atoms with E-state index in [2.05, 4.69) is 15.0 Å². The summed E-state index contributed by atoms with van der Waals surface area (Å²) in [5, 5.41) is 3.24.